The fourth-order valence-corrected chi connectivity index (χ4v) is 2.39. The summed E-state index contributed by atoms with van der Waals surface area (Å²) in [7, 11) is 0. The SMILES string of the molecule is CC1(c2cccc(F)c2Cl)CCCN1. The Morgan fingerprint density at radius 3 is 2.93 bits per heavy atom. The summed E-state index contributed by atoms with van der Waals surface area (Å²) in [5.41, 5.74) is 0.718. The van der Waals surface area contributed by atoms with Crippen LogP contribution in [-0.2, 0) is 5.54 Å². The second-order valence-corrected chi connectivity index (χ2v) is 4.34. The molecular formula is C11H13ClFN. The van der Waals surface area contributed by atoms with E-state index in [9.17, 15) is 4.39 Å². The fourth-order valence-electron chi connectivity index (χ4n) is 2.05. The molecule has 3 heteroatoms. The Morgan fingerprint density at radius 1 is 1.50 bits per heavy atom. The maximum absolute atomic E-state index is 13.2. The van der Waals surface area contributed by atoms with Crippen molar-refractivity contribution in [3.63, 3.8) is 0 Å². The lowest BCUT2D eigenvalue weighted by molar-refractivity contribution is 0.432. The van der Waals surface area contributed by atoms with Gasteiger partial charge in [0, 0.05) is 5.54 Å². The van der Waals surface area contributed by atoms with E-state index in [1.165, 1.54) is 6.07 Å². The summed E-state index contributed by atoms with van der Waals surface area (Å²) < 4.78 is 13.2. The van der Waals surface area contributed by atoms with Gasteiger partial charge in [0.1, 0.15) is 5.82 Å². The average Bonchev–Trinajstić information content (AvgIpc) is 2.58. The van der Waals surface area contributed by atoms with Crippen molar-refractivity contribution >= 4 is 11.6 Å². The predicted octanol–water partition coefficient (Wildman–Crippen LogP) is 3.08. The van der Waals surface area contributed by atoms with Gasteiger partial charge in [-0.3, -0.25) is 0 Å². The molecule has 76 valence electrons. The predicted molar refractivity (Wildman–Crippen MR) is 56.0 cm³/mol. The molecule has 1 aromatic carbocycles. The molecule has 1 unspecified atom stereocenters. The zero-order valence-corrected chi connectivity index (χ0v) is 8.87. The van der Waals surface area contributed by atoms with Gasteiger partial charge in [-0.2, -0.15) is 0 Å². The molecule has 1 atom stereocenters. The molecule has 1 heterocycles. The standard InChI is InChI=1S/C11H13ClFN/c1-11(6-3-7-14-11)8-4-2-5-9(13)10(8)12/h2,4-5,14H,3,6-7H2,1H3. The third-order valence-electron chi connectivity index (χ3n) is 2.91. The highest BCUT2D eigenvalue weighted by Crippen LogP contribution is 2.35. The first kappa shape index (κ1) is 9.94. The lowest BCUT2D eigenvalue weighted by atomic mass is 9.90. The highest BCUT2D eigenvalue weighted by Gasteiger charge is 2.32. The van der Waals surface area contributed by atoms with Crippen LogP contribution in [0.25, 0.3) is 0 Å². The molecule has 0 aliphatic carbocycles. The van der Waals surface area contributed by atoms with Gasteiger partial charge in [-0.05, 0) is 37.9 Å². The van der Waals surface area contributed by atoms with Gasteiger partial charge in [-0.25, -0.2) is 4.39 Å². The van der Waals surface area contributed by atoms with E-state index >= 15 is 0 Å². The molecule has 1 aliphatic rings. The highest BCUT2D eigenvalue weighted by molar-refractivity contribution is 6.31. The van der Waals surface area contributed by atoms with Crippen molar-refractivity contribution < 1.29 is 4.39 Å². The van der Waals surface area contributed by atoms with Gasteiger partial charge in [-0.1, -0.05) is 23.7 Å². The molecule has 0 radical (unpaired) electrons. The number of halogens is 2. The third kappa shape index (κ3) is 1.53. The topological polar surface area (TPSA) is 12.0 Å². The van der Waals surface area contributed by atoms with E-state index in [1.807, 2.05) is 6.07 Å². The second-order valence-electron chi connectivity index (χ2n) is 3.96. The molecule has 0 bridgehead atoms. The van der Waals surface area contributed by atoms with E-state index in [0.29, 0.717) is 0 Å². The van der Waals surface area contributed by atoms with Crippen LogP contribution in [0.4, 0.5) is 4.39 Å². The second kappa shape index (κ2) is 3.52. The molecule has 2 rings (SSSR count). The molecule has 1 fully saturated rings. The molecule has 1 N–H and O–H groups in total. The van der Waals surface area contributed by atoms with Gasteiger partial charge >= 0.3 is 0 Å². The van der Waals surface area contributed by atoms with Gasteiger partial charge in [-0.15, -0.1) is 0 Å². The molecule has 0 saturated carbocycles. The zero-order valence-electron chi connectivity index (χ0n) is 8.11. The number of hydrogen-bond donors (Lipinski definition) is 1. The van der Waals surface area contributed by atoms with Gasteiger partial charge in [0.15, 0.2) is 0 Å². The van der Waals surface area contributed by atoms with Crippen LogP contribution in [0.2, 0.25) is 5.02 Å². The molecule has 0 aromatic heterocycles. The molecule has 0 amide bonds. The Balaban J connectivity index is 2.45. The van der Waals surface area contributed by atoms with Gasteiger partial charge in [0.25, 0.3) is 0 Å². The van der Waals surface area contributed by atoms with Gasteiger partial charge < -0.3 is 5.32 Å². The molecule has 1 nitrogen and oxygen atoms in total. The first-order chi connectivity index (χ1) is 6.63. The van der Waals surface area contributed by atoms with E-state index < -0.39 is 0 Å². The summed E-state index contributed by atoms with van der Waals surface area (Å²) >= 11 is 5.95. The van der Waals surface area contributed by atoms with Crippen molar-refractivity contribution in [3.8, 4) is 0 Å². The van der Waals surface area contributed by atoms with Crippen LogP contribution >= 0.6 is 11.6 Å². The maximum Gasteiger partial charge on any atom is 0.142 e. The normalized spacial score (nSPS) is 26.8. The lowest BCUT2D eigenvalue weighted by Crippen LogP contribution is -2.33. The minimum absolute atomic E-state index is 0.154. The highest BCUT2D eigenvalue weighted by atomic mass is 35.5. The molecule has 1 aromatic rings. The number of nitrogens with one attached hydrogen (secondary N) is 1. The third-order valence-corrected chi connectivity index (χ3v) is 3.30. The van der Waals surface area contributed by atoms with E-state index in [2.05, 4.69) is 12.2 Å². The van der Waals surface area contributed by atoms with E-state index in [-0.39, 0.29) is 16.4 Å². The largest absolute Gasteiger partial charge is 0.308 e. The summed E-state index contributed by atoms with van der Waals surface area (Å²) in [6.45, 7) is 3.05. The van der Waals surface area contributed by atoms with Crippen molar-refractivity contribution in [2.24, 2.45) is 0 Å². The first-order valence-corrected chi connectivity index (χ1v) is 5.21. The average molecular weight is 214 g/mol. The smallest absolute Gasteiger partial charge is 0.142 e. The van der Waals surface area contributed by atoms with Crippen LogP contribution in [-0.4, -0.2) is 6.54 Å². The van der Waals surface area contributed by atoms with Crippen LogP contribution in [0.1, 0.15) is 25.3 Å². The molecule has 1 saturated heterocycles. The summed E-state index contributed by atoms with van der Waals surface area (Å²) in [6, 6.07) is 5.00. The van der Waals surface area contributed by atoms with E-state index in [0.717, 1.165) is 24.9 Å². The zero-order chi connectivity index (χ0) is 10.2. The van der Waals surface area contributed by atoms with Crippen LogP contribution < -0.4 is 5.32 Å². The lowest BCUT2D eigenvalue weighted by Gasteiger charge is -2.26. The Bertz CT molecular complexity index is 345. The molecule has 0 spiro atoms. The van der Waals surface area contributed by atoms with E-state index in [4.69, 9.17) is 11.6 Å². The quantitative estimate of drug-likeness (QED) is 0.756. The minimum Gasteiger partial charge on any atom is -0.308 e. The minimum atomic E-state index is -0.334. The summed E-state index contributed by atoms with van der Waals surface area (Å²) in [5, 5.41) is 3.62. The number of rotatable bonds is 1. The summed E-state index contributed by atoms with van der Waals surface area (Å²) in [6.07, 6.45) is 2.12. The van der Waals surface area contributed by atoms with Gasteiger partial charge in [0.05, 0.1) is 5.02 Å². The molecule has 1 aliphatic heterocycles. The molecule has 14 heavy (non-hydrogen) atoms. The van der Waals surface area contributed by atoms with Crippen LogP contribution in [0, 0.1) is 5.82 Å². The van der Waals surface area contributed by atoms with Crippen molar-refractivity contribution in [3.05, 3.63) is 34.6 Å². The summed E-state index contributed by atoms with van der Waals surface area (Å²) in [4.78, 5) is 0. The number of hydrogen-bond acceptors (Lipinski definition) is 1. The van der Waals surface area contributed by atoms with Crippen molar-refractivity contribution in [2.45, 2.75) is 25.3 Å². The van der Waals surface area contributed by atoms with Crippen molar-refractivity contribution in [1.29, 1.82) is 0 Å². The van der Waals surface area contributed by atoms with Crippen LogP contribution in [0.5, 0.6) is 0 Å². The first-order valence-electron chi connectivity index (χ1n) is 4.83. The Hall–Kier alpha value is -0.600. The van der Waals surface area contributed by atoms with Crippen LogP contribution in [0.3, 0.4) is 0 Å². The van der Waals surface area contributed by atoms with E-state index in [1.54, 1.807) is 6.07 Å². The summed E-state index contributed by atoms with van der Waals surface area (Å²) in [5.74, 6) is -0.334. The van der Waals surface area contributed by atoms with Crippen molar-refractivity contribution in [1.82, 2.24) is 5.32 Å². The maximum atomic E-state index is 13.2. The van der Waals surface area contributed by atoms with Gasteiger partial charge in [0.2, 0.25) is 0 Å². The van der Waals surface area contributed by atoms with Crippen LogP contribution in [0.15, 0.2) is 18.2 Å². The monoisotopic (exact) mass is 213 g/mol. The Labute approximate surface area is 88.3 Å². The fraction of sp³-hybridized carbons (Fsp3) is 0.455. The number of benzene rings is 1. The van der Waals surface area contributed by atoms with Crippen molar-refractivity contribution in [2.75, 3.05) is 6.54 Å². The Morgan fingerprint density at radius 2 is 2.29 bits per heavy atom. The Kier molecular flexibility index (Phi) is 2.50. The molecular weight excluding hydrogens is 201 g/mol.